The maximum absolute atomic E-state index is 14.8. The van der Waals surface area contributed by atoms with Crippen molar-refractivity contribution >= 4 is 53.8 Å². The summed E-state index contributed by atoms with van der Waals surface area (Å²) in [4.78, 5) is 58.7. The lowest BCUT2D eigenvalue weighted by atomic mass is 9.86. The average molecular weight is 730 g/mol. The molecular weight excluding hydrogens is 686 g/mol. The van der Waals surface area contributed by atoms with E-state index >= 15 is 0 Å². The van der Waals surface area contributed by atoms with E-state index in [4.69, 9.17) is 13.9 Å². The normalized spacial score (nSPS) is 15.0. The molecule has 1 aliphatic rings. The second kappa shape index (κ2) is 14.6. The fourth-order valence-corrected chi connectivity index (χ4v) is 12.7. The van der Waals surface area contributed by atoms with Crippen LogP contribution in [0.3, 0.4) is 0 Å². The van der Waals surface area contributed by atoms with E-state index in [2.05, 4.69) is 0 Å². The summed E-state index contributed by atoms with van der Waals surface area (Å²) >= 11 is 1.05. The van der Waals surface area contributed by atoms with Crippen LogP contribution in [0, 0.1) is 12.7 Å². The zero-order valence-electron chi connectivity index (χ0n) is 30.3. The van der Waals surface area contributed by atoms with Crippen LogP contribution in [0.15, 0.2) is 78.9 Å². The van der Waals surface area contributed by atoms with E-state index in [1.54, 1.807) is 13.8 Å². The van der Waals surface area contributed by atoms with Crippen LogP contribution in [0.5, 0.6) is 5.75 Å². The Bertz CT molecular complexity index is 1910. The van der Waals surface area contributed by atoms with Crippen molar-refractivity contribution in [1.82, 2.24) is 4.90 Å². The Labute approximate surface area is 303 Å². The first-order valence-electron chi connectivity index (χ1n) is 17.0. The summed E-state index contributed by atoms with van der Waals surface area (Å²) in [5.74, 6) is -3.56. The largest absolute Gasteiger partial charge is 0.508 e. The van der Waals surface area contributed by atoms with E-state index in [-0.39, 0.29) is 29.9 Å². The van der Waals surface area contributed by atoms with Crippen molar-refractivity contribution in [3.63, 3.8) is 0 Å². The molecule has 2 amide bonds. The Morgan fingerprint density at radius 3 is 2.04 bits per heavy atom. The van der Waals surface area contributed by atoms with Gasteiger partial charge in [0.1, 0.15) is 22.0 Å². The Morgan fingerprint density at radius 1 is 0.922 bits per heavy atom. The number of aryl methyl sites for hydroxylation is 1. The number of methoxy groups -OCH3 is 1. The highest BCUT2D eigenvalue weighted by molar-refractivity contribution is 7.14. The SMILES string of the molecule is CCOC(=O)c1sc2c(c1C)C(=O)N(C(C)(C)C(=O)O[Si](c1ccccc1)(c1ccccc1)C(C)(C)C)C(=O)C2CCc1cc(F)ccc1OC. The van der Waals surface area contributed by atoms with Gasteiger partial charge in [0.15, 0.2) is 0 Å². The number of imide groups is 1. The van der Waals surface area contributed by atoms with Gasteiger partial charge < -0.3 is 13.9 Å². The fraction of sp³-hybridized carbons (Fsp3) is 0.350. The number of thiophene rings is 1. The number of hydrogen-bond donors (Lipinski definition) is 0. The van der Waals surface area contributed by atoms with Crippen molar-refractivity contribution in [1.29, 1.82) is 0 Å². The maximum atomic E-state index is 14.8. The lowest BCUT2D eigenvalue weighted by molar-refractivity contribution is -0.153. The summed E-state index contributed by atoms with van der Waals surface area (Å²) < 4.78 is 31.9. The zero-order chi connectivity index (χ0) is 37.3. The minimum atomic E-state index is -3.43. The van der Waals surface area contributed by atoms with Crippen LogP contribution in [-0.2, 0) is 25.2 Å². The number of ether oxygens (including phenoxy) is 2. The molecule has 0 saturated carbocycles. The van der Waals surface area contributed by atoms with Gasteiger partial charge in [-0.15, -0.1) is 11.3 Å². The highest BCUT2D eigenvalue weighted by Gasteiger charge is 2.57. The van der Waals surface area contributed by atoms with E-state index in [0.717, 1.165) is 26.6 Å². The Hall–Kier alpha value is -4.61. The molecule has 1 atom stereocenters. The first kappa shape index (κ1) is 37.6. The molecule has 1 aromatic heterocycles. The van der Waals surface area contributed by atoms with Crippen LogP contribution in [-0.4, -0.2) is 56.2 Å². The Kier molecular flexibility index (Phi) is 10.7. The number of nitrogens with zero attached hydrogens (tertiary/aromatic N) is 1. The number of hydrogen-bond acceptors (Lipinski definition) is 8. The molecule has 0 radical (unpaired) electrons. The topological polar surface area (TPSA) is 99.2 Å². The van der Waals surface area contributed by atoms with Crippen LogP contribution in [0.25, 0.3) is 0 Å². The van der Waals surface area contributed by atoms with Gasteiger partial charge in [-0.05, 0) is 85.3 Å². The van der Waals surface area contributed by atoms with Crippen LogP contribution in [0.2, 0.25) is 5.04 Å². The number of carbonyl (C=O) groups excluding carboxylic acids is 4. The predicted molar refractivity (Wildman–Crippen MR) is 198 cm³/mol. The molecule has 1 aliphatic heterocycles. The maximum Gasteiger partial charge on any atom is 0.348 e. The summed E-state index contributed by atoms with van der Waals surface area (Å²) in [6.07, 6.45) is 0.370. The number of carbonyl (C=O) groups is 4. The number of halogens is 1. The van der Waals surface area contributed by atoms with Gasteiger partial charge in [0, 0.05) is 4.88 Å². The third-order valence-corrected chi connectivity index (χ3v) is 15.8. The number of amides is 2. The molecule has 0 bridgehead atoms. The van der Waals surface area contributed by atoms with Crippen LogP contribution in [0.4, 0.5) is 4.39 Å². The van der Waals surface area contributed by atoms with Gasteiger partial charge in [-0.2, -0.15) is 0 Å². The second-order valence-corrected chi connectivity index (χ2v) is 19.4. The first-order chi connectivity index (χ1) is 24.1. The van der Waals surface area contributed by atoms with Crippen LogP contribution in [0.1, 0.15) is 89.9 Å². The molecule has 51 heavy (non-hydrogen) atoms. The second-order valence-electron chi connectivity index (χ2n) is 14.2. The minimum absolute atomic E-state index is 0.129. The molecule has 8 nitrogen and oxygen atoms in total. The standard InChI is InChI=1S/C40H44FNO7SSi/c1-9-48-37(45)33-25(2)32-34(50-33)30(22-20-26-24-27(41)21-23-31(26)47-8)35(43)42(36(32)44)40(6,7)38(46)49-51(39(3,4)5,28-16-12-10-13-17-28)29-18-14-11-15-19-29/h10-19,21,23-24,30H,9,20,22H2,1-8H3. The predicted octanol–water partition coefficient (Wildman–Crippen LogP) is 6.96. The molecule has 0 N–H and O–H groups in total. The summed E-state index contributed by atoms with van der Waals surface area (Å²) in [5, 5.41) is 1.16. The van der Waals surface area contributed by atoms with Gasteiger partial charge in [0.2, 0.25) is 5.91 Å². The Balaban J connectivity index is 1.62. The lowest BCUT2D eigenvalue weighted by Crippen LogP contribution is -2.70. The highest BCUT2D eigenvalue weighted by atomic mass is 32.1. The van der Waals surface area contributed by atoms with Crippen molar-refractivity contribution in [3.8, 4) is 5.75 Å². The van der Waals surface area contributed by atoms with E-state index < -0.39 is 54.4 Å². The monoisotopic (exact) mass is 729 g/mol. The van der Waals surface area contributed by atoms with Crippen molar-refractivity contribution in [2.45, 2.75) is 77.8 Å². The molecule has 5 rings (SSSR count). The van der Waals surface area contributed by atoms with Gasteiger partial charge in [0.25, 0.3) is 5.91 Å². The average Bonchev–Trinajstić information content (AvgIpc) is 3.44. The van der Waals surface area contributed by atoms with Gasteiger partial charge in [0.05, 0.1) is 25.2 Å². The molecule has 4 aromatic rings. The number of benzene rings is 3. The molecule has 0 aliphatic carbocycles. The quantitative estimate of drug-likeness (QED) is 0.0936. The van der Waals surface area contributed by atoms with E-state index in [9.17, 15) is 23.6 Å². The minimum Gasteiger partial charge on any atom is -0.508 e. The first-order valence-corrected chi connectivity index (χ1v) is 19.7. The van der Waals surface area contributed by atoms with Crippen molar-refractivity contribution < 1.29 is 37.5 Å². The zero-order valence-corrected chi connectivity index (χ0v) is 32.1. The number of esters is 1. The summed E-state index contributed by atoms with van der Waals surface area (Å²) in [5.41, 5.74) is -0.670. The Morgan fingerprint density at radius 2 is 1.51 bits per heavy atom. The molecular formula is C40H44FNO7SSi. The number of rotatable bonds is 11. The van der Waals surface area contributed by atoms with Gasteiger partial charge in [-0.3, -0.25) is 19.3 Å². The van der Waals surface area contributed by atoms with Gasteiger partial charge >= 0.3 is 20.3 Å². The molecule has 11 heteroatoms. The van der Waals surface area contributed by atoms with Gasteiger partial charge in [-0.1, -0.05) is 81.4 Å². The number of fused-ring (bicyclic) bond motifs is 1. The van der Waals surface area contributed by atoms with E-state index in [1.807, 2.05) is 81.4 Å². The highest BCUT2D eigenvalue weighted by Crippen LogP contribution is 2.45. The summed E-state index contributed by atoms with van der Waals surface area (Å²) in [6, 6.07) is 23.4. The fourth-order valence-electron chi connectivity index (χ4n) is 6.95. The lowest BCUT2D eigenvalue weighted by Gasteiger charge is -2.46. The molecule has 268 valence electrons. The third-order valence-electron chi connectivity index (χ3n) is 9.55. The van der Waals surface area contributed by atoms with E-state index in [1.165, 1.54) is 39.2 Å². The van der Waals surface area contributed by atoms with Crippen molar-refractivity contribution in [2.75, 3.05) is 13.7 Å². The van der Waals surface area contributed by atoms with Gasteiger partial charge in [-0.25, -0.2) is 9.18 Å². The van der Waals surface area contributed by atoms with E-state index in [0.29, 0.717) is 21.8 Å². The molecule has 3 aromatic carbocycles. The summed E-state index contributed by atoms with van der Waals surface area (Å²) in [6.45, 7) is 12.6. The third kappa shape index (κ3) is 6.76. The molecule has 0 fully saturated rings. The van der Waals surface area contributed by atoms with Crippen LogP contribution < -0.4 is 15.1 Å². The molecule has 2 heterocycles. The molecule has 0 saturated heterocycles. The summed E-state index contributed by atoms with van der Waals surface area (Å²) in [7, 11) is -1.95. The molecule has 1 unspecified atom stereocenters. The van der Waals surface area contributed by atoms with Crippen molar-refractivity contribution in [2.24, 2.45) is 0 Å². The smallest absolute Gasteiger partial charge is 0.348 e. The molecule has 0 spiro atoms. The van der Waals surface area contributed by atoms with Crippen LogP contribution >= 0.6 is 11.3 Å². The van der Waals surface area contributed by atoms with Crippen molar-refractivity contribution in [3.05, 3.63) is 111 Å².